The number of aliphatic hydroxyl groups excluding tert-OH is 1. The Morgan fingerprint density at radius 3 is 2.85 bits per heavy atom. The smallest absolute Gasteiger partial charge is 0.222 e. The summed E-state index contributed by atoms with van der Waals surface area (Å²) >= 11 is 0. The molecular weight excluding hydrogens is 338 g/mol. The van der Waals surface area contributed by atoms with Crippen LogP contribution in [0.5, 0.6) is 0 Å². The zero-order valence-corrected chi connectivity index (χ0v) is 15.4. The summed E-state index contributed by atoms with van der Waals surface area (Å²) in [5.74, 6) is 0.364. The van der Waals surface area contributed by atoms with Crippen molar-refractivity contribution in [2.75, 3.05) is 18.5 Å². The molecule has 0 radical (unpaired) electrons. The summed E-state index contributed by atoms with van der Waals surface area (Å²) < 4.78 is 0. The van der Waals surface area contributed by atoms with Gasteiger partial charge >= 0.3 is 0 Å². The number of benzene rings is 2. The highest BCUT2D eigenvalue weighted by Gasteiger charge is 2.45. The lowest BCUT2D eigenvalue weighted by atomic mass is 9.82. The third-order valence-electron chi connectivity index (χ3n) is 5.82. The molecule has 1 amide bonds. The van der Waals surface area contributed by atoms with E-state index < -0.39 is 0 Å². The number of hydrogen-bond acceptors (Lipinski definition) is 4. The van der Waals surface area contributed by atoms with E-state index in [9.17, 15) is 15.2 Å². The molecular formula is C22H23N3O2. The van der Waals surface area contributed by atoms with Gasteiger partial charge in [0.25, 0.3) is 0 Å². The summed E-state index contributed by atoms with van der Waals surface area (Å²) in [6.07, 6.45) is 1.38. The molecule has 2 N–H and O–H groups in total. The van der Waals surface area contributed by atoms with Crippen LogP contribution >= 0.6 is 0 Å². The van der Waals surface area contributed by atoms with Gasteiger partial charge in [-0.05, 0) is 47.4 Å². The number of nitrogens with zero attached hydrogens (tertiary/aromatic N) is 2. The van der Waals surface area contributed by atoms with Crippen LogP contribution in [0.15, 0.2) is 42.5 Å². The maximum absolute atomic E-state index is 12.5. The monoisotopic (exact) mass is 361 g/mol. The fourth-order valence-corrected chi connectivity index (χ4v) is 4.49. The van der Waals surface area contributed by atoms with Gasteiger partial charge in [0.2, 0.25) is 5.91 Å². The molecule has 4 rings (SSSR count). The minimum atomic E-state index is -0.0371. The molecule has 2 aliphatic rings. The molecule has 0 spiro atoms. The van der Waals surface area contributed by atoms with E-state index in [1.54, 1.807) is 6.07 Å². The molecule has 0 unspecified atom stereocenters. The van der Waals surface area contributed by atoms with Gasteiger partial charge in [-0.2, -0.15) is 5.26 Å². The number of amides is 1. The maximum Gasteiger partial charge on any atom is 0.222 e. The highest BCUT2D eigenvalue weighted by atomic mass is 16.3. The van der Waals surface area contributed by atoms with Gasteiger partial charge in [0.05, 0.1) is 30.3 Å². The summed E-state index contributed by atoms with van der Waals surface area (Å²) in [4.78, 5) is 14.5. The Kier molecular flexibility index (Phi) is 4.59. The normalized spacial score (nSPS) is 23.1. The van der Waals surface area contributed by atoms with E-state index in [-0.39, 0.29) is 30.5 Å². The number of rotatable bonds is 3. The van der Waals surface area contributed by atoms with Crippen molar-refractivity contribution in [3.63, 3.8) is 0 Å². The van der Waals surface area contributed by atoms with E-state index in [1.807, 2.05) is 42.2 Å². The van der Waals surface area contributed by atoms with Crippen LogP contribution in [0.4, 0.5) is 5.69 Å². The van der Waals surface area contributed by atoms with Gasteiger partial charge in [0.1, 0.15) is 0 Å². The lowest BCUT2D eigenvalue weighted by molar-refractivity contribution is -0.132. The minimum absolute atomic E-state index is 0.00931. The zero-order chi connectivity index (χ0) is 19.0. The summed E-state index contributed by atoms with van der Waals surface area (Å²) in [6.45, 7) is 2.68. The molecule has 2 aliphatic heterocycles. The first-order valence-electron chi connectivity index (χ1n) is 9.47. The third-order valence-corrected chi connectivity index (χ3v) is 5.82. The first-order valence-corrected chi connectivity index (χ1v) is 9.47. The molecule has 138 valence electrons. The molecule has 1 fully saturated rings. The molecule has 27 heavy (non-hydrogen) atoms. The van der Waals surface area contributed by atoms with Gasteiger partial charge in [-0.15, -0.1) is 0 Å². The highest BCUT2D eigenvalue weighted by Crippen LogP contribution is 2.47. The lowest BCUT2D eigenvalue weighted by Gasteiger charge is -2.39. The van der Waals surface area contributed by atoms with Crippen molar-refractivity contribution in [2.45, 2.75) is 31.8 Å². The van der Waals surface area contributed by atoms with Crippen LogP contribution in [0.1, 0.15) is 36.9 Å². The molecule has 3 atom stereocenters. The second kappa shape index (κ2) is 7.05. The Bertz CT molecular complexity index is 918. The van der Waals surface area contributed by atoms with Gasteiger partial charge in [-0.1, -0.05) is 25.1 Å². The van der Waals surface area contributed by atoms with Crippen molar-refractivity contribution in [1.82, 2.24) is 4.90 Å². The number of carbonyl (C=O) groups is 1. The predicted molar refractivity (Wildman–Crippen MR) is 104 cm³/mol. The molecule has 2 heterocycles. The van der Waals surface area contributed by atoms with Crippen LogP contribution in [0.25, 0.3) is 11.1 Å². The quantitative estimate of drug-likeness (QED) is 0.879. The van der Waals surface area contributed by atoms with Gasteiger partial charge in [-0.3, -0.25) is 4.79 Å². The number of carbonyl (C=O) groups excluding carboxylic acids is 1. The average molecular weight is 361 g/mol. The average Bonchev–Trinajstić information content (AvgIpc) is 3.17. The van der Waals surface area contributed by atoms with E-state index >= 15 is 0 Å². The van der Waals surface area contributed by atoms with Crippen molar-refractivity contribution >= 4 is 11.6 Å². The summed E-state index contributed by atoms with van der Waals surface area (Å²) in [5, 5.41) is 22.5. The number of anilines is 1. The largest absolute Gasteiger partial charge is 0.394 e. The number of likely N-dealkylation sites (tertiary alicyclic amines) is 1. The van der Waals surface area contributed by atoms with Crippen LogP contribution < -0.4 is 5.32 Å². The van der Waals surface area contributed by atoms with Gasteiger partial charge in [0.15, 0.2) is 0 Å². The van der Waals surface area contributed by atoms with Gasteiger partial charge < -0.3 is 15.3 Å². The fraction of sp³-hybridized carbons (Fsp3) is 0.364. The van der Waals surface area contributed by atoms with Crippen LogP contribution in [-0.4, -0.2) is 35.1 Å². The molecule has 0 aromatic heterocycles. The first kappa shape index (κ1) is 17.6. The first-order chi connectivity index (χ1) is 13.2. The van der Waals surface area contributed by atoms with Crippen molar-refractivity contribution in [1.29, 1.82) is 5.26 Å². The minimum Gasteiger partial charge on any atom is -0.394 e. The number of fused-ring (bicyclic) bond motifs is 3. The molecule has 2 aromatic rings. The summed E-state index contributed by atoms with van der Waals surface area (Å²) in [5.41, 5.74) is 4.73. The van der Waals surface area contributed by atoms with Crippen LogP contribution in [-0.2, 0) is 4.79 Å². The molecule has 0 aliphatic carbocycles. The van der Waals surface area contributed by atoms with Crippen LogP contribution in [0.3, 0.4) is 0 Å². The zero-order valence-electron chi connectivity index (χ0n) is 15.4. The topological polar surface area (TPSA) is 76.4 Å². The number of hydrogen-bond donors (Lipinski definition) is 2. The Hall–Kier alpha value is -2.84. The molecule has 0 saturated carbocycles. The summed E-state index contributed by atoms with van der Waals surface area (Å²) in [7, 11) is 0. The van der Waals surface area contributed by atoms with Gasteiger partial charge in [0, 0.05) is 24.6 Å². The third kappa shape index (κ3) is 2.96. The molecule has 0 bridgehead atoms. The van der Waals surface area contributed by atoms with Crippen LogP contribution in [0.2, 0.25) is 0 Å². The Labute approximate surface area is 159 Å². The van der Waals surface area contributed by atoms with E-state index in [4.69, 9.17) is 0 Å². The standard InChI is InChI=1S/C22H23N3O2/c1-2-21(27)25-9-8-17-20(13-26)24-19-7-6-16(11-18(19)22(17)25)15-5-3-4-14(10-15)12-23/h3-7,10-11,17,20,22,24,26H,2,8-9,13H2,1H3/t17-,20+,22-/m0/s1. The molecule has 5 heteroatoms. The fourth-order valence-electron chi connectivity index (χ4n) is 4.49. The Morgan fingerprint density at radius 1 is 1.30 bits per heavy atom. The Morgan fingerprint density at radius 2 is 2.11 bits per heavy atom. The maximum atomic E-state index is 12.5. The van der Waals surface area contributed by atoms with E-state index in [0.29, 0.717) is 12.0 Å². The second-order valence-electron chi connectivity index (χ2n) is 7.27. The lowest BCUT2D eigenvalue weighted by Crippen LogP contribution is -2.42. The highest BCUT2D eigenvalue weighted by molar-refractivity contribution is 5.78. The van der Waals surface area contributed by atoms with Crippen LogP contribution in [0, 0.1) is 17.2 Å². The number of nitrogens with one attached hydrogen (secondary N) is 1. The van der Waals surface area contributed by atoms with E-state index in [1.165, 1.54) is 0 Å². The van der Waals surface area contributed by atoms with Crippen molar-refractivity contribution in [2.24, 2.45) is 5.92 Å². The molecule has 5 nitrogen and oxygen atoms in total. The van der Waals surface area contributed by atoms with E-state index in [0.717, 1.165) is 35.3 Å². The van der Waals surface area contributed by atoms with Crippen molar-refractivity contribution < 1.29 is 9.90 Å². The number of nitriles is 1. The summed E-state index contributed by atoms with van der Waals surface area (Å²) in [6, 6.07) is 15.9. The van der Waals surface area contributed by atoms with E-state index in [2.05, 4.69) is 17.5 Å². The van der Waals surface area contributed by atoms with Crippen molar-refractivity contribution in [3.8, 4) is 17.2 Å². The number of aliphatic hydroxyl groups is 1. The Balaban J connectivity index is 1.80. The van der Waals surface area contributed by atoms with Crippen molar-refractivity contribution in [3.05, 3.63) is 53.6 Å². The SMILES string of the molecule is CCC(=O)N1CC[C@@H]2[C@H]1c1cc(-c3cccc(C#N)c3)ccc1N[C@@H]2CO. The predicted octanol–water partition coefficient (Wildman–Crippen LogP) is 3.31. The van der Waals surface area contributed by atoms with Gasteiger partial charge in [-0.25, -0.2) is 0 Å². The molecule has 1 saturated heterocycles. The molecule has 2 aromatic carbocycles. The second-order valence-corrected chi connectivity index (χ2v) is 7.27.